The molecule has 1 heterocycles. The first kappa shape index (κ1) is 22.0. The number of anilines is 1. The van der Waals surface area contributed by atoms with Crippen LogP contribution in [-0.2, 0) is 20.8 Å². The molecule has 1 aliphatic heterocycles. The van der Waals surface area contributed by atoms with Gasteiger partial charge in [0, 0.05) is 11.3 Å². The highest BCUT2D eigenvalue weighted by atomic mass is 16.5. The topological polar surface area (TPSA) is 69.1 Å². The van der Waals surface area contributed by atoms with E-state index in [0.29, 0.717) is 5.56 Å². The minimum atomic E-state index is -0.893. The first-order valence-electron chi connectivity index (χ1n) is 10.4. The summed E-state index contributed by atoms with van der Waals surface area (Å²) in [4.78, 5) is 26.5. The van der Waals surface area contributed by atoms with E-state index in [1.807, 2.05) is 45.0 Å². The molecule has 0 unspecified atom stereocenters. The van der Waals surface area contributed by atoms with Gasteiger partial charge in [0.05, 0.1) is 18.8 Å². The smallest absolute Gasteiger partial charge is 0.338 e. The molecule has 1 aliphatic rings. The maximum absolute atomic E-state index is 12.5. The van der Waals surface area contributed by atoms with Crippen molar-refractivity contribution in [3.8, 4) is 0 Å². The van der Waals surface area contributed by atoms with Crippen LogP contribution in [0.3, 0.4) is 0 Å². The maximum atomic E-state index is 12.5. The van der Waals surface area contributed by atoms with E-state index in [2.05, 4.69) is 5.32 Å². The second-order valence-electron chi connectivity index (χ2n) is 8.05. The van der Waals surface area contributed by atoms with Crippen molar-refractivity contribution in [2.24, 2.45) is 0 Å². The van der Waals surface area contributed by atoms with E-state index < -0.39 is 12.1 Å². The molecule has 0 aromatic heterocycles. The van der Waals surface area contributed by atoms with Crippen molar-refractivity contribution >= 4 is 17.6 Å². The Labute approximate surface area is 178 Å². The third-order valence-electron chi connectivity index (χ3n) is 5.42. The van der Waals surface area contributed by atoms with Gasteiger partial charge in [-0.25, -0.2) is 4.79 Å². The molecule has 1 atom stereocenters. The molecular weight excluding hydrogens is 380 g/mol. The molecule has 0 spiro atoms. The van der Waals surface area contributed by atoms with Gasteiger partial charge in [-0.2, -0.15) is 0 Å². The average Bonchev–Trinajstić information content (AvgIpc) is 2.71. The fourth-order valence-electron chi connectivity index (χ4n) is 3.77. The van der Waals surface area contributed by atoms with E-state index in [4.69, 9.17) is 9.47 Å². The summed E-state index contributed by atoms with van der Waals surface area (Å²) in [6.07, 6.45) is -0.893. The second kappa shape index (κ2) is 9.87. The number of ether oxygens (including phenoxy) is 2. The van der Waals surface area contributed by atoms with Gasteiger partial charge < -0.3 is 19.7 Å². The summed E-state index contributed by atoms with van der Waals surface area (Å²) in [5.74, 6) is -0.841. The number of esters is 1. The summed E-state index contributed by atoms with van der Waals surface area (Å²) in [6.45, 7) is 12.0. The second-order valence-corrected chi connectivity index (χ2v) is 8.05. The number of carbonyl (C=O) groups excluding carboxylic acids is 2. The molecule has 2 aromatic rings. The van der Waals surface area contributed by atoms with Gasteiger partial charge in [-0.3, -0.25) is 4.79 Å². The highest BCUT2D eigenvalue weighted by molar-refractivity contribution is 5.98. The zero-order valence-electron chi connectivity index (χ0n) is 18.2. The van der Waals surface area contributed by atoms with E-state index in [-0.39, 0.29) is 5.91 Å². The molecular formula is C24H31N2O4+. The molecule has 160 valence electrons. The fourth-order valence-corrected chi connectivity index (χ4v) is 3.77. The van der Waals surface area contributed by atoms with E-state index in [9.17, 15) is 9.59 Å². The number of nitrogens with one attached hydrogen (secondary N) is 2. The number of rotatable bonds is 6. The Balaban J connectivity index is 1.56. The third kappa shape index (κ3) is 5.68. The first-order valence-corrected chi connectivity index (χ1v) is 10.4. The number of hydrogen-bond acceptors (Lipinski definition) is 4. The molecule has 1 fully saturated rings. The molecule has 2 aromatic carbocycles. The van der Waals surface area contributed by atoms with Gasteiger partial charge in [0.2, 0.25) is 0 Å². The third-order valence-corrected chi connectivity index (χ3v) is 5.42. The van der Waals surface area contributed by atoms with Crippen LogP contribution in [0.2, 0.25) is 0 Å². The van der Waals surface area contributed by atoms with Crippen molar-refractivity contribution in [1.29, 1.82) is 0 Å². The fraction of sp³-hybridized carbons (Fsp3) is 0.417. The lowest BCUT2D eigenvalue weighted by atomic mass is 10.0. The van der Waals surface area contributed by atoms with Crippen LogP contribution in [0.1, 0.15) is 39.5 Å². The van der Waals surface area contributed by atoms with Crippen molar-refractivity contribution in [2.75, 3.05) is 31.6 Å². The van der Waals surface area contributed by atoms with Crippen LogP contribution in [-0.4, -0.2) is 44.3 Å². The number of aryl methyl sites for hydroxylation is 3. The summed E-state index contributed by atoms with van der Waals surface area (Å²) in [5.41, 5.74) is 5.48. The number of amides is 1. The largest absolute Gasteiger partial charge is 0.449 e. The zero-order chi connectivity index (χ0) is 21.7. The maximum Gasteiger partial charge on any atom is 0.338 e. The Bertz CT molecular complexity index is 879. The zero-order valence-corrected chi connectivity index (χ0v) is 18.2. The van der Waals surface area contributed by atoms with Gasteiger partial charge in [-0.05, 0) is 51.0 Å². The minimum absolute atomic E-state index is 0.342. The molecule has 2 N–H and O–H groups in total. The first-order chi connectivity index (χ1) is 14.3. The summed E-state index contributed by atoms with van der Waals surface area (Å²) < 4.78 is 10.8. The van der Waals surface area contributed by atoms with E-state index >= 15 is 0 Å². The molecule has 0 saturated carbocycles. The SMILES string of the molecule is Cc1cc(C)c(NC(=O)[C@@H](C)OC(=O)c2ccc(C[NH+]3CCOCC3)cc2)c(C)c1. The number of benzene rings is 2. The Kier molecular flexibility index (Phi) is 7.24. The highest BCUT2D eigenvalue weighted by Gasteiger charge is 2.21. The van der Waals surface area contributed by atoms with E-state index in [1.54, 1.807) is 19.1 Å². The molecule has 0 aliphatic carbocycles. The molecule has 1 amide bonds. The highest BCUT2D eigenvalue weighted by Crippen LogP contribution is 2.22. The van der Waals surface area contributed by atoms with Gasteiger partial charge in [-0.1, -0.05) is 29.8 Å². The average molecular weight is 412 g/mol. The van der Waals surface area contributed by atoms with Crippen LogP contribution in [0, 0.1) is 20.8 Å². The lowest BCUT2D eigenvalue weighted by molar-refractivity contribution is -0.921. The molecule has 0 bridgehead atoms. The Morgan fingerprint density at radius 1 is 1.07 bits per heavy atom. The monoisotopic (exact) mass is 411 g/mol. The Morgan fingerprint density at radius 2 is 1.67 bits per heavy atom. The normalized spacial score (nSPS) is 15.5. The van der Waals surface area contributed by atoms with Crippen molar-refractivity contribution < 1.29 is 24.0 Å². The van der Waals surface area contributed by atoms with Crippen LogP contribution in [0.5, 0.6) is 0 Å². The van der Waals surface area contributed by atoms with Crippen molar-refractivity contribution in [2.45, 2.75) is 40.3 Å². The van der Waals surface area contributed by atoms with Crippen molar-refractivity contribution in [3.05, 3.63) is 64.2 Å². The number of hydrogen-bond donors (Lipinski definition) is 2. The van der Waals surface area contributed by atoms with Crippen LogP contribution in [0.15, 0.2) is 36.4 Å². The number of carbonyl (C=O) groups is 2. The van der Waals surface area contributed by atoms with Crippen LogP contribution >= 0.6 is 0 Å². The molecule has 1 saturated heterocycles. The Hall–Kier alpha value is -2.70. The molecule has 3 rings (SSSR count). The van der Waals surface area contributed by atoms with Gasteiger partial charge in [0.15, 0.2) is 6.10 Å². The van der Waals surface area contributed by atoms with Crippen LogP contribution < -0.4 is 10.2 Å². The van der Waals surface area contributed by atoms with Gasteiger partial charge >= 0.3 is 5.97 Å². The lowest BCUT2D eigenvalue weighted by Crippen LogP contribution is -3.12. The van der Waals surface area contributed by atoms with E-state index in [1.165, 1.54) is 10.5 Å². The molecule has 6 heteroatoms. The van der Waals surface area contributed by atoms with Crippen molar-refractivity contribution in [3.63, 3.8) is 0 Å². The molecule has 30 heavy (non-hydrogen) atoms. The lowest BCUT2D eigenvalue weighted by Gasteiger charge is -2.23. The van der Waals surface area contributed by atoms with E-state index in [0.717, 1.165) is 55.2 Å². The predicted octanol–water partition coefficient (Wildman–Crippen LogP) is 2.21. The van der Waals surface area contributed by atoms with Crippen LogP contribution in [0.25, 0.3) is 0 Å². The van der Waals surface area contributed by atoms with Gasteiger partial charge in [-0.15, -0.1) is 0 Å². The summed E-state index contributed by atoms with van der Waals surface area (Å²) in [5, 5.41) is 2.89. The molecule has 0 radical (unpaired) electrons. The predicted molar refractivity (Wildman–Crippen MR) is 116 cm³/mol. The van der Waals surface area contributed by atoms with Crippen LogP contribution in [0.4, 0.5) is 5.69 Å². The summed E-state index contributed by atoms with van der Waals surface area (Å²) in [7, 11) is 0. The molecule has 6 nitrogen and oxygen atoms in total. The quantitative estimate of drug-likeness (QED) is 0.715. The summed E-state index contributed by atoms with van der Waals surface area (Å²) in [6, 6.07) is 11.4. The number of morpholine rings is 1. The number of quaternary nitrogens is 1. The standard InChI is InChI=1S/C24H30N2O4/c1-16-13-17(2)22(18(3)14-16)25-23(27)19(4)30-24(28)21-7-5-20(6-8-21)15-26-9-11-29-12-10-26/h5-8,13-14,19H,9-12,15H2,1-4H3,(H,25,27)/p+1/t19-/m1/s1. The summed E-state index contributed by atoms with van der Waals surface area (Å²) >= 11 is 0. The minimum Gasteiger partial charge on any atom is -0.449 e. The van der Waals surface area contributed by atoms with Crippen molar-refractivity contribution in [1.82, 2.24) is 0 Å². The van der Waals surface area contributed by atoms with Gasteiger partial charge in [0.25, 0.3) is 5.91 Å². The van der Waals surface area contributed by atoms with Gasteiger partial charge in [0.1, 0.15) is 19.6 Å². The Morgan fingerprint density at radius 3 is 2.27 bits per heavy atom.